The number of phenolic OH excluding ortho intramolecular Hbond substituents is 1. The number of aromatic hydroxyl groups is 1. The van der Waals surface area contributed by atoms with Crippen molar-refractivity contribution in [2.75, 3.05) is 0 Å². The molecule has 5 nitrogen and oxygen atoms in total. The molecule has 0 aliphatic rings. The van der Waals surface area contributed by atoms with Crippen molar-refractivity contribution in [2.45, 2.75) is 6.42 Å². The Labute approximate surface area is 97.4 Å². The van der Waals surface area contributed by atoms with Crippen LogP contribution >= 0.6 is 0 Å². The Kier molecular flexibility index (Phi) is 3.00. The minimum Gasteiger partial charge on any atom is -0.508 e. The van der Waals surface area contributed by atoms with Crippen molar-refractivity contribution < 1.29 is 15.0 Å². The minimum atomic E-state index is -0.963. The van der Waals surface area contributed by atoms with E-state index in [0.717, 1.165) is 11.1 Å². The van der Waals surface area contributed by atoms with Crippen LogP contribution in [0.2, 0.25) is 0 Å². The van der Waals surface area contributed by atoms with E-state index < -0.39 is 5.97 Å². The van der Waals surface area contributed by atoms with Crippen LogP contribution in [0.25, 0.3) is 11.1 Å². The van der Waals surface area contributed by atoms with Gasteiger partial charge in [0, 0.05) is 18.0 Å². The molecule has 0 saturated heterocycles. The van der Waals surface area contributed by atoms with Gasteiger partial charge in [0.15, 0.2) is 0 Å². The van der Waals surface area contributed by atoms with Crippen LogP contribution in [0.15, 0.2) is 36.7 Å². The summed E-state index contributed by atoms with van der Waals surface area (Å²) < 4.78 is 0. The summed E-state index contributed by atoms with van der Waals surface area (Å²) in [5.41, 5.74) is 1.52. The fraction of sp³-hybridized carbons (Fsp3) is 0.0833. The first-order chi connectivity index (χ1) is 8.15. The Bertz CT molecular complexity index is 538. The van der Waals surface area contributed by atoms with Crippen LogP contribution in [0.3, 0.4) is 0 Å². The standard InChI is InChI=1S/C12H10N2O3/c15-10-3-1-2-8(4-10)9-6-13-11(14-7-9)5-12(16)17/h1-4,6-7,15H,5H2,(H,16,17). The van der Waals surface area contributed by atoms with Gasteiger partial charge in [-0.25, -0.2) is 9.97 Å². The summed E-state index contributed by atoms with van der Waals surface area (Å²) in [6, 6.07) is 6.70. The van der Waals surface area contributed by atoms with E-state index in [1.165, 1.54) is 0 Å². The molecule has 0 unspecified atom stereocenters. The van der Waals surface area contributed by atoms with Crippen molar-refractivity contribution in [3.63, 3.8) is 0 Å². The van der Waals surface area contributed by atoms with Gasteiger partial charge in [0.2, 0.25) is 0 Å². The number of carboxylic acid groups (broad SMARTS) is 1. The lowest BCUT2D eigenvalue weighted by Crippen LogP contribution is -2.04. The maximum Gasteiger partial charge on any atom is 0.311 e. The maximum atomic E-state index is 10.5. The molecule has 0 spiro atoms. The molecule has 5 heteroatoms. The van der Waals surface area contributed by atoms with Crippen LogP contribution in [0.1, 0.15) is 5.82 Å². The summed E-state index contributed by atoms with van der Waals surface area (Å²) in [6.45, 7) is 0. The molecule has 0 atom stereocenters. The first-order valence-corrected chi connectivity index (χ1v) is 4.97. The number of phenols is 1. The number of hydrogen-bond acceptors (Lipinski definition) is 4. The second kappa shape index (κ2) is 4.61. The summed E-state index contributed by atoms with van der Waals surface area (Å²) in [6.07, 6.45) is 2.89. The van der Waals surface area contributed by atoms with Crippen molar-refractivity contribution in [3.8, 4) is 16.9 Å². The molecule has 0 fully saturated rings. The Morgan fingerprint density at radius 3 is 2.47 bits per heavy atom. The Morgan fingerprint density at radius 1 is 1.18 bits per heavy atom. The monoisotopic (exact) mass is 230 g/mol. The van der Waals surface area contributed by atoms with Crippen molar-refractivity contribution in [1.82, 2.24) is 9.97 Å². The van der Waals surface area contributed by atoms with Crippen molar-refractivity contribution >= 4 is 5.97 Å². The highest BCUT2D eigenvalue weighted by Gasteiger charge is 2.04. The van der Waals surface area contributed by atoms with E-state index in [-0.39, 0.29) is 18.0 Å². The molecule has 1 aromatic heterocycles. The zero-order valence-corrected chi connectivity index (χ0v) is 8.87. The Balaban J connectivity index is 2.26. The number of aliphatic carboxylic acids is 1. The molecule has 2 N–H and O–H groups in total. The van der Waals surface area contributed by atoms with E-state index in [9.17, 15) is 9.90 Å². The van der Waals surface area contributed by atoms with E-state index in [1.807, 2.05) is 6.07 Å². The molecule has 17 heavy (non-hydrogen) atoms. The SMILES string of the molecule is O=C(O)Cc1ncc(-c2cccc(O)c2)cn1. The quantitative estimate of drug-likeness (QED) is 0.834. The highest BCUT2D eigenvalue weighted by atomic mass is 16.4. The molecule has 1 heterocycles. The second-order valence-electron chi connectivity index (χ2n) is 3.51. The second-order valence-corrected chi connectivity index (χ2v) is 3.51. The number of hydrogen-bond donors (Lipinski definition) is 2. The lowest BCUT2D eigenvalue weighted by molar-refractivity contribution is -0.136. The van der Waals surface area contributed by atoms with Gasteiger partial charge < -0.3 is 10.2 Å². The molecule has 0 bridgehead atoms. The number of carbonyl (C=O) groups is 1. The van der Waals surface area contributed by atoms with Gasteiger partial charge in [0.1, 0.15) is 18.0 Å². The van der Waals surface area contributed by atoms with Gasteiger partial charge in [-0.2, -0.15) is 0 Å². The fourth-order valence-corrected chi connectivity index (χ4v) is 1.42. The fourth-order valence-electron chi connectivity index (χ4n) is 1.42. The van der Waals surface area contributed by atoms with E-state index in [0.29, 0.717) is 0 Å². The van der Waals surface area contributed by atoms with Crippen LogP contribution in [0.4, 0.5) is 0 Å². The molecule has 2 rings (SSSR count). The zero-order valence-electron chi connectivity index (χ0n) is 8.87. The van der Waals surface area contributed by atoms with E-state index in [2.05, 4.69) is 9.97 Å². The molecule has 0 aliphatic carbocycles. The number of nitrogens with zero attached hydrogens (tertiary/aromatic N) is 2. The van der Waals surface area contributed by atoms with Crippen LogP contribution < -0.4 is 0 Å². The van der Waals surface area contributed by atoms with Gasteiger partial charge in [-0.3, -0.25) is 4.79 Å². The number of rotatable bonds is 3. The number of aromatic nitrogens is 2. The van der Waals surface area contributed by atoms with Crippen molar-refractivity contribution in [2.24, 2.45) is 0 Å². The molecular weight excluding hydrogens is 220 g/mol. The average Bonchev–Trinajstić information content (AvgIpc) is 2.29. The third-order valence-corrected chi connectivity index (χ3v) is 2.19. The molecule has 0 aliphatic heterocycles. The van der Waals surface area contributed by atoms with E-state index in [1.54, 1.807) is 30.6 Å². The van der Waals surface area contributed by atoms with Crippen LogP contribution in [0, 0.1) is 0 Å². The number of benzene rings is 1. The maximum absolute atomic E-state index is 10.5. The summed E-state index contributed by atoms with van der Waals surface area (Å²) in [7, 11) is 0. The predicted octanol–water partition coefficient (Wildman–Crippen LogP) is 1.48. The molecule has 2 aromatic rings. The highest BCUT2D eigenvalue weighted by molar-refractivity contribution is 5.69. The number of carboxylic acids is 1. The summed E-state index contributed by atoms with van der Waals surface area (Å²) in [5, 5.41) is 17.9. The van der Waals surface area contributed by atoms with Crippen molar-refractivity contribution in [3.05, 3.63) is 42.5 Å². The van der Waals surface area contributed by atoms with Gasteiger partial charge in [0.05, 0.1) is 0 Å². The minimum absolute atomic E-state index is 0.164. The Hall–Kier alpha value is -2.43. The van der Waals surface area contributed by atoms with Crippen LogP contribution in [-0.4, -0.2) is 26.2 Å². The van der Waals surface area contributed by atoms with E-state index >= 15 is 0 Å². The first kappa shape index (κ1) is 11.1. The highest BCUT2D eigenvalue weighted by Crippen LogP contribution is 2.21. The molecule has 0 radical (unpaired) electrons. The van der Waals surface area contributed by atoms with Crippen LogP contribution in [0.5, 0.6) is 5.75 Å². The third kappa shape index (κ3) is 2.78. The molecule has 0 amide bonds. The van der Waals surface area contributed by atoms with Gasteiger partial charge in [-0.05, 0) is 17.7 Å². The lowest BCUT2D eigenvalue weighted by atomic mass is 10.1. The Morgan fingerprint density at radius 2 is 1.88 bits per heavy atom. The summed E-state index contributed by atoms with van der Waals surface area (Å²) >= 11 is 0. The van der Waals surface area contributed by atoms with Gasteiger partial charge in [-0.1, -0.05) is 12.1 Å². The van der Waals surface area contributed by atoms with E-state index in [4.69, 9.17) is 5.11 Å². The molecular formula is C12H10N2O3. The predicted molar refractivity (Wildman–Crippen MR) is 60.5 cm³/mol. The van der Waals surface area contributed by atoms with Crippen molar-refractivity contribution in [1.29, 1.82) is 0 Å². The van der Waals surface area contributed by atoms with Crippen LogP contribution in [-0.2, 0) is 11.2 Å². The summed E-state index contributed by atoms with van der Waals surface area (Å²) in [5.74, 6) is -0.534. The molecule has 0 saturated carbocycles. The lowest BCUT2D eigenvalue weighted by Gasteiger charge is -2.02. The first-order valence-electron chi connectivity index (χ1n) is 4.97. The van der Waals surface area contributed by atoms with Gasteiger partial charge >= 0.3 is 5.97 Å². The normalized spacial score (nSPS) is 10.1. The zero-order chi connectivity index (χ0) is 12.3. The average molecular weight is 230 g/mol. The smallest absolute Gasteiger partial charge is 0.311 e. The summed E-state index contributed by atoms with van der Waals surface area (Å²) in [4.78, 5) is 18.4. The third-order valence-electron chi connectivity index (χ3n) is 2.19. The topological polar surface area (TPSA) is 83.3 Å². The van der Waals surface area contributed by atoms with Gasteiger partial charge in [0.25, 0.3) is 0 Å². The molecule has 1 aromatic carbocycles. The largest absolute Gasteiger partial charge is 0.508 e. The van der Waals surface area contributed by atoms with Gasteiger partial charge in [-0.15, -0.1) is 0 Å². The molecule has 86 valence electrons.